The molecule has 0 saturated heterocycles. The second kappa shape index (κ2) is 4.99. The van der Waals surface area contributed by atoms with E-state index in [1.165, 1.54) is 0 Å². The van der Waals surface area contributed by atoms with E-state index in [4.69, 9.17) is 5.73 Å². The molecule has 0 aromatic carbocycles. The lowest BCUT2D eigenvalue weighted by Crippen LogP contribution is -2.23. The van der Waals surface area contributed by atoms with Crippen molar-refractivity contribution in [3.05, 3.63) is 18.2 Å². The molecular formula is C9H17N3O. The molecule has 0 amide bonds. The van der Waals surface area contributed by atoms with Crippen LogP contribution in [0.25, 0.3) is 0 Å². The van der Waals surface area contributed by atoms with E-state index < -0.39 is 6.10 Å². The van der Waals surface area contributed by atoms with Crippen LogP contribution >= 0.6 is 0 Å². The van der Waals surface area contributed by atoms with E-state index in [-0.39, 0.29) is 0 Å². The number of rotatable bonds is 5. The highest BCUT2D eigenvalue weighted by Gasteiger charge is 2.07. The Labute approximate surface area is 78.4 Å². The van der Waals surface area contributed by atoms with Crippen molar-refractivity contribution in [3.8, 4) is 0 Å². The average molecular weight is 183 g/mol. The summed E-state index contributed by atoms with van der Waals surface area (Å²) in [4.78, 5) is 4.17. The first kappa shape index (κ1) is 10.2. The number of nitrogens with two attached hydrogens (primary N) is 1. The summed E-state index contributed by atoms with van der Waals surface area (Å²) < 4.78 is 2.05. The molecule has 1 unspecified atom stereocenters. The zero-order valence-electron chi connectivity index (χ0n) is 7.98. The summed E-state index contributed by atoms with van der Waals surface area (Å²) in [5.74, 6) is 0.916. The third-order valence-corrected chi connectivity index (χ3v) is 1.96. The van der Waals surface area contributed by atoms with Gasteiger partial charge >= 0.3 is 0 Å². The number of hydrogen-bond donors (Lipinski definition) is 2. The first-order valence-corrected chi connectivity index (χ1v) is 4.66. The Morgan fingerprint density at radius 1 is 1.69 bits per heavy atom. The molecule has 4 nitrogen and oxygen atoms in total. The van der Waals surface area contributed by atoms with Crippen molar-refractivity contribution in [2.45, 2.75) is 32.4 Å². The van der Waals surface area contributed by atoms with E-state index in [0.29, 0.717) is 13.0 Å². The summed E-state index contributed by atoms with van der Waals surface area (Å²) in [6.45, 7) is 3.36. The van der Waals surface area contributed by atoms with Gasteiger partial charge in [-0.05, 0) is 6.42 Å². The minimum absolute atomic E-state index is 0.291. The largest absolute Gasteiger partial charge is 0.391 e. The predicted octanol–water partition coefficient (Wildman–Crippen LogP) is 0.155. The quantitative estimate of drug-likeness (QED) is 0.683. The smallest absolute Gasteiger partial charge is 0.111 e. The standard InChI is InChI=1S/C9H17N3O/c1-2-4-12-5-3-11-9(12)6-8(13)7-10/h3,5,8,13H,2,4,6-7,10H2,1H3. The van der Waals surface area contributed by atoms with Gasteiger partial charge in [-0.15, -0.1) is 0 Å². The molecule has 1 rings (SSSR count). The van der Waals surface area contributed by atoms with Gasteiger partial charge in [0.15, 0.2) is 0 Å². The van der Waals surface area contributed by atoms with Gasteiger partial charge in [0, 0.05) is 31.9 Å². The van der Waals surface area contributed by atoms with E-state index in [1.807, 2.05) is 6.20 Å². The van der Waals surface area contributed by atoms with Crippen LogP contribution in [-0.4, -0.2) is 27.3 Å². The number of aliphatic hydroxyl groups excluding tert-OH is 1. The normalized spacial score (nSPS) is 13.2. The third kappa shape index (κ3) is 2.82. The summed E-state index contributed by atoms with van der Waals surface area (Å²) in [6.07, 6.45) is 4.83. The first-order valence-electron chi connectivity index (χ1n) is 4.66. The van der Waals surface area contributed by atoms with Crippen LogP contribution in [0.15, 0.2) is 12.4 Å². The zero-order valence-corrected chi connectivity index (χ0v) is 7.98. The van der Waals surface area contributed by atoms with Crippen LogP contribution in [0, 0.1) is 0 Å². The van der Waals surface area contributed by atoms with Crippen molar-refractivity contribution >= 4 is 0 Å². The molecule has 3 N–H and O–H groups in total. The van der Waals surface area contributed by atoms with E-state index in [9.17, 15) is 5.11 Å². The van der Waals surface area contributed by atoms with Crippen LogP contribution < -0.4 is 5.73 Å². The van der Waals surface area contributed by atoms with Crippen molar-refractivity contribution in [3.63, 3.8) is 0 Å². The second-order valence-electron chi connectivity index (χ2n) is 3.13. The fourth-order valence-corrected chi connectivity index (χ4v) is 1.27. The van der Waals surface area contributed by atoms with Gasteiger partial charge < -0.3 is 15.4 Å². The van der Waals surface area contributed by atoms with Gasteiger partial charge in [-0.2, -0.15) is 0 Å². The number of hydrogen-bond acceptors (Lipinski definition) is 3. The lowest BCUT2D eigenvalue weighted by atomic mass is 10.2. The molecular weight excluding hydrogens is 166 g/mol. The molecule has 0 aliphatic heterocycles. The lowest BCUT2D eigenvalue weighted by Gasteiger charge is -2.09. The fourth-order valence-electron chi connectivity index (χ4n) is 1.27. The van der Waals surface area contributed by atoms with E-state index in [1.54, 1.807) is 6.20 Å². The van der Waals surface area contributed by atoms with Crippen LogP contribution in [-0.2, 0) is 13.0 Å². The van der Waals surface area contributed by atoms with Crippen LogP contribution in [0.5, 0.6) is 0 Å². The van der Waals surface area contributed by atoms with E-state index in [2.05, 4.69) is 16.5 Å². The Morgan fingerprint density at radius 2 is 2.46 bits per heavy atom. The summed E-state index contributed by atoms with van der Waals surface area (Å²) >= 11 is 0. The average Bonchev–Trinajstić information content (AvgIpc) is 2.54. The molecule has 0 aliphatic carbocycles. The van der Waals surface area contributed by atoms with Gasteiger partial charge in [0.25, 0.3) is 0 Å². The third-order valence-electron chi connectivity index (χ3n) is 1.96. The highest BCUT2D eigenvalue weighted by molar-refractivity contribution is 4.94. The summed E-state index contributed by atoms with van der Waals surface area (Å²) in [5, 5.41) is 9.34. The predicted molar refractivity (Wildman–Crippen MR) is 51.3 cm³/mol. The van der Waals surface area contributed by atoms with Gasteiger partial charge in [0.05, 0.1) is 6.10 Å². The van der Waals surface area contributed by atoms with Crippen molar-refractivity contribution in [1.82, 2.24) is 9.55 Å². The summed E-state index contributed by atoms with van der Waals surface area (Å²) in [6, 6.07) is 0. The minimum atomic E-state index is -0.474. The molecule has 1 atom stereocenters. The van der Waals surface area contributed by atoms with E-state index >= 15 is 0 Å². The Kier molecular flexibility index (Phi) is 3.92. The Hall–Kier alpha value is -0.870. The Morgan fingerprint density at radius 3 is 3.08 bits per heavy atom. The van der Waals surface area contributed by atoms with Gasteiger partial charge in [0.1, 0.15) is 5.82 Å². The molecule has 4 heteroatoms. The van der Waals surface area contributed by atoms with Crippen LogP contribution in [0.1, 0.15) is 19.2 Å². The summed E-state index contributed by atoms with van der Waals surface area (Å²) in [7, 11) is 0. The van der Waals surface area contributed by atoms with Gasteiger partial charge in [-0.1, -0.05) is 6.92 Å². The van der Waals surface area contributed by atoms with Crippen LogP contribution in [0.3, 0.4) is 0 Å². The molecule has 13 heavy (non-hydrogen) atoms. The fraction of sp³-hybridized carbons (Fsp3) is 0.667. The highest BCUT2D eigenvalue weighted by Crippen LogP contribution is 2.02. The number of aliphatic hydroxyl groups is 1. The number of nitrogens with zero attached hydrogens (tertiary/aromatic N) is 2. The van der Waals surface area contributed by atoms with Crippen LogP contribution in [0.4, 0.5) is 0 Å². The second-order valence-corrected chi connectivity index (χ2v) is 3.13. The maximum absolute atomic E-state index is 9.34. The topological polar surface area (TPSA) is 64.1 Å². The van der Waals surface area contributed by atoms with Crippen molar-refractivity contribution in [2.75, 3.05) is 6.54 Å². The van der Waals surface area contributed by atoms with Crippen molar-refractivity contribution in [1.29, 1.82) is 0 Å². The Balaban J connectivity index is 2.59. The molecule has 0 bridgehead atoms. The molecule has 1 aromatic rings. The maximum Gasteiger partial charge on any atom is 0.111 e. The zero-order chi connectivity index (χ0) is 9.68. The van der Waals surface area contributed by atoms with Gasteiger partial charge in [-0.3, -0.25) is 0 Å². The molecule has 0 aliphatic rings. The van der Waals surface area contributed by atoms with Gasteiger partial charge in [0.2, 0.25) is 0 Å². The van der Waals surface area contributed by atoms with Crippen molar-refractivity contribution < 1.29 is 5.11 Å². The molecule has 1 heterocycles. The molecule has 1 aromatic heterocycles. The minimum Gasteiger partial charge on any atom is -0.391 e. The van der Waals surface area contributed by atoms with Crippen molar-refractivity contribution in [2.24, 2.45) is 5.73 Å². The Bertz CT molecular complexity index is 247. The summed E-state index contributed by atoms with van der Waals surface area (Å²) in [5.41, 5.74) is 5.33. The van der Waals surface area contributed by atoms with E-state index in [0.717, 1.165) is 18.8 Å². The van der Waals surface area contributed by atoms with Crippen LogP contribution in [0.2, 0.25) is 0 Å². The number of aryl methyl sites for hydroxylation is 1. The molecule has 74 valence electrons. The van der Waals surface area contributed by atoms with Gasteiger partial charge in [-0.25, -0.2) is 4.98 Å². The molecule has 0 fully saturated rings. The number of imidazole rings is 1. The first-order chi connectivity index (χ1) is 6.27. The molecule has 0 radical (unpaired) electrons. The molecule has 0 spiro atoms. The highest BCUT2D eigenvalue weighted by atomic mass is 16.3. The maximum atomic E-state index is 9.34. The monoisotopic (exact) mass is 183 g/mol. The lowest BCUT2D eigenvalue weighted by molar-refractivity contribution is 0.179. The molecule has 0 saturated carbocycles. The SMILES string of the molecule is CCCn1ccnc1CC(O)CN. The number of aromatic nitrogens is 2.